The van der Waals surface area contributed by atoms with E-state index in [0.717, 1.165) is 46.9 Å². The van der Waals surface area contributed by atoms with Gasteiger partial charge in [-0.3, -0.25) is 4.79 Å². The quantitative estimate of drug-likeness (QED) is 0.637. The highest BCUT2D eigenvalue weighted by atomic mass is 32.2. The van der Waals surface area contributed by atoms with Gasteiger partial charge in [0.2, 0.25) is 0 Å². The summed E-state index contributed by atoms with van der Waals surface area (Å²) in [6, 6.07) is 13.0. The van der Waals surface area contributed by atoms with Crippen molar-refractivity contribution < 1.29 is 13.2 Å². The van der Waals surface area contributed by atoms with Gasteiger partial charge in [-0.1, -0.05) is 30.3 Å². The molecule has 4 rings (SSSR count). The summed E-state index contributed by atoms with van der Waals surface area (Å²) in [4.78, 5) is 11.9. The molecule has 5 heteroatoms. The average Bonchev–Trinajstić information content (AvgIpc) is 2.93. The number of nitrogens with zero attached hydrogens (tertiary/aromatic N) is 1. The van der Waals surface area contributed by atoms with Gasteiger partial charge < -0.3 is 0 Å². The lowest BCUT2D eigenvalue weighted by atomic mass is 10.0. The molecule has 0 atom stereocenters. The molecule has 0 unspecified atom stereocenters. The molecule has 1 aromatic heterocycles. The molecule has 0 aliphatic heterocycles. The van der Waals surface area contributed by atoms with Crippen LogP contribution >= 0.6 is 0 Å². The van der Waals surface area contributed by atoms with E-state index >= 15 is 0 Å². The van der Waals surface area contributed by atoms with Crippen LogP contribution in [0, 0.1) is 13.8 Å². The molecule has 0 saturated heterocycles. The first-order valence-corrected chi connectivity index (χ1v) is 10.5. The predicted molar refractivity (Wildman–Crippen MR) is 106 cm³/mol. The summed E-state index contributed by atoms with van der Waals surface area (Å²) >= 11 is 0. The van der Waals surface area contributed by atoms with E-state index in [9.17, 15) is 13.2 Å². The number of fused-ring (bicyclic) bond motifs is 3. The topological polar surface area (TPSA) is 56.1 Å². The van der Waals surface area contributed by atoms with Gasteiger partial charge in [0, 0.05) is 17.3 Å². The number of aryl methyl sites for hydroxylation is 3. The lowest BCUT2D eigenvalue weighted by Gasteiger charge is -2.14. The van der Waals surface area contributed by atoms with Gasteiger partial charge >= 0.3 is 0 Å². The first-order valence-electron chi connectivity index (χ1n) is 9.04. The maximum Gasteiger partial charge on any atom is 0.268 e. The van der Waals surface area contributed by atoms with Crippen molar-refractivity contribution in [3.63, 3.8) is 0 Å². The Morgan fingerprint density at radius 2 is 1.78 bits per heavy atom. The Balaban J connectivity index is 2.02. The number of hydrogen-bond donors (Lipinski definition) is 0. The fourth-order valence-corrected chi connectivity index (χ4v) is 5.28. The van der Waals surface area contributed by atoms with Crippen molar-refractivity contribution in [1.29, 1.82) is 0 Å². The van der Waals surface area contributed by atoms with E-state index in [2.05, 4.69) is 0 Å². The minimum absolute atomic E-state index is 0.238. The lowest BCUT2D eigenvalue weighted by Crippen LogP contribution is -2.14. The maximum absolute atomic E-state index is 13.5. The molecular formula is C22H21NO3S. The Kier molecular flexibility index (Phi) is 4.27. The fourth-order valence-electron chi connectivity index (χ4n) is 3.79. The molecular weight excluding hydrogens is 358 g/mol. The van der Waals surface area contributed by atoms with Gasteiger partial charge in [0.05, 0.1) is 10.6 Å². The van der Waals surface area contributed by atoms with Crippen LogP contribution in [0.1, 0.15) is 39.0 Å². The number of carbonyl (C=O) groups is 1. The van der Waals surface area contributed by atoms with Crippen LogP contribution in [-0.4, -0.2) is 18.7 Å². The molecule has 0 amide bonds. The second-order valence-corrected chi connectivity index (χ2v) is 8.90. The smallest absolute Gasteiger partial charge is 0.268 e. The van der Waals surface area contributed by atoms with Crippen LogP contribution in [0.4, 0.5) is 0 Å². The van der Waals surface area contributed by atoms with Crippen LogP contribution in [0.5, 0.6) is 0 Å². The molecule has 0 radical (unpaired) electrons. The van der Waals surface area contributed by atoms with E-state index in [1.807, 2.05) is 44.2 Å². The third kappa shape index (κ3) is 2.82. The van der Waals surface area contributed by atoms with Crippen LogP contribution in [-0.2, 0) is 22.9 Å². The second kappa shape index (κ2) is 6.50. The summed E-state index contributed by atoms with van der Waals surface area (Å²) in [6.45, 7) is 3.85. The molecule has 27 heavy (non-hydrogen) atoms. The molecule has 0 saturated carbocycles. The largest absolute Gasteiger partial charge is 0.298 e. The van der Waals surface area contributed by atoms with Crippen molar-refractivity contribution >= 4 is 16.3 Å². The summed E-state index contributed by atoms with van der Waals surface area (Å²) in [6.07, 6.45) is 4.68. The summed E-state index contributed by atoms with van der Waals surface area (Å²) < 4.78 is 28.2. The molecule has 0 spiro atoms. The van der Waals surface area contributed by atoms with Gasteiger partial charge in [0.15, 0.2) is 6.29 Å². The van der Waals surface area contributed by atoms with Crippen LogP contribution < -0.4 is 0 Å². The minimum Gasteiger partial charge on any atom is -0.298 e. The Morgan fingerprint density at radius 3 is 2.52 bits per heavy atom. The zero-order valence-electron chi connectivity index (χ0n) is 15.4. The lowest BCUT2D eigenvalue weighted by molar-refractivity contribution is 0.112. The summed E-state index contributed by atoms with van der Waals surface area (Å²) in [7, 11) is -3.81. The maximum atomic E-state index is 13.5. The fraction of sp³-hybridized carbons (Fsp3) is 0.227. The van der Waals surface area contributed by atoms with E-state index in [1.165, 1.54) is 10.2 Å². The summed E-state index contributed by atoms with van der Waals surface area (Å²) in [5, 5.41) is 0. The normalized spacial score (nSPS) is 13.6. The highest BCUT2D eigenvalue weighted by Gasteiger charge is 2.28. The predicted octanol–water partition coefficient (Wildman–Crippen LogP) is 4.31. The van der Waals surface area contributed by atoms with Gasteiger partial charge in [-0.05, 0) is 67.5 Å². The highest BCUT2D eigenvalue weighted by Crippen LogP contribution is 2.37. The van der Waals surface area contributed by atoms with E-state index in [-0.39, 0.29) is 4.90 Å². The van der Waals surface area contributed by atoms with Crippen molar-refractivity contribution in [2.24, 2.45) is 0 Å². The van der Waals surface area contributed by atoms with Gasteiger partial charge in [0.1, 0.15) is 0 Å². The molecule has 0 fully saturated rings. The molecule has 2 aromatic carbocycles. The van der Waals surface area contributed by atoms with Crippen molar-refractivity contribution in [3.8, 4) is 11.3 Å². The standard InChI is InChI=1S/C22H21NO3S/c1-15-10-11-19(12-16(15)2)27(25,26)23-13-18(14-24)21-9-5-7-17-6-3-4-8-20(17)22(21)23/h3-4,6,8,10-14H,5,7,9H2,1-2H3. The van der Waals surface area contributed by atoms with Crippen molar-refractivity contribution in [2.45, 2.75) is 38.0 Å². The Morgan fingerprint density at radius 1 is 1.00 bits per heavy atom. The molecule has 4 nitrogen and oxygen atoms in total. The summed E-state index contributed by atoms with van der Waals surface area (Å²) in [5.41, 5.74) is 5.87. The first kappa shape index (κ1) is 17.7. The summed E-state index contributed by atoms with van der Waals surface area (Å²) in [5.74, 6) is 0. The Hall–Kier alpha value is -2.66. The molecule has 1 heterocycles. The number of hydrogen-bond acceptors (Lipinski definition) is 3. The van der Waals surface area contributed by atoms with Crippen LogP contribution in [0.25, 0.3) is 11.3 Å². The van der Waals surface area contributed by atoms with Crippen LogP contribution in [0.15, 0.2) is 53.6 Å². The highest BCUT2D eigenvalue weighted by molar-refractivity contribution is 7.90. The number of aromatic nitrogens is 1. The second-order valence-electron chi connectivity index (χ2n) is 7.09. The van der Waals surface area contributed by atoms with E-state index in [0.29, 0.717) is 17.7 Å². The van der Waals surface area contributed by atoms with Gasteiger partial charge in [0.25, 0.3) is 10.0 Å². The molecule has 1 aliphatic rings. The SMILES string of the molecule is Cc1ccc(S(=O)(=O)n2cc(C=O)c3c2-c2ccccc2CCC3)cc1C. The van der Waals surface area contributed by atoms with Gasteiger partial charge in [-0.25, -0.2) is 12.4 Å². The van der Waals surface area contributed by atoms with E-state index in [1.54, 1.807) is 12.1 Å². The first-order chi connectivity index (χ1) is 12.9. The van der Waals surface area contributed by atoms with E-state index < -0.39 is 10.0 Å². The number of rotatable bonds is 3. The minimum atomic E-state index is -3.81. The van der Waals surface area contributed by atoms with E-state index in [4.69, 9.17) is 0 Å². The number of aldehydes is 1. The van der Waals surface area contributed by atoms with Crippen LogP contribution in [0.2, 0.25) is 0 Å². The molecule has 1 aliphatic carbocycles. The van der Waals surface area contributed by atoms with Gasteiger partial charge in [-0.2, -0.15) is 0 Å². The van der Waals surface area contributed by atoms with Crippen LogP contribution in [0.3, 0.4) is 0 Å². The third-order valence-electron chi connectivity index (χ3n) is 5.42. The van der Waals surface area contributed by atoms with Crippen molar-refractivity contribution in [1.82, 2.24) is 3.97 Å². The Bertz CT molecular complexity index is 1160. The Labute approximate surface area is 159 Å². The van der Waals surface area contributed by atoms with Crippen molar-refractivity contribution in [3.05, 3.63) is 76.5 Å². The van der Waals surface area contributed by atoms with Gasteiger partial charge in [-0.15, -0.1) is 0 Å². The average molecular weight is 379 g/mol. The zero-order chi connectivity index (χ0) is 19.2. The monoisotopic (exact) mass is 379 g/mol. The molecule has 0 N–H and O–H groups in total. The molecule has 138 valence electrons. The van der Waals surface area contributed by atoms with Crippen molar-refractivity contribution in [2.75, 3.05) is 0 Å². The number of benzene rings is 2. The third-order valence-corrected chi connectivity index (χ3v) is 7.07. The molecule has 0 bridgehead atoms. The molecule has 3 aromatic rings. The number of carbonyl (C=O) groups excluding carboxylic acids is 1. The zero-order valence-corrected chi connectivity index (χ0v) is 16.2.